The van der Waals surface area contributed by atoms with Gasteiger partial charge in [-0.15, -0.1) is 0 Å². The predicted octanol–water partition coefficient (Wildman–Crippen LogP) is 3.01. The van der Waals surface area contributed by atoms with Gasteiger partial charge in [-0.3, -0.25) is 9.79 Å². The molecule has 84 valence electrons. The number of nitrogens with zero attached hydrogens (tertiary/aromatic N) is 1. The molecular weight excluding hydrogens is 186 g/mol. The second-order valence-electron chi connectivity index (χ2n) is 5.09. The number of rotatable bonds is 4. The summed E-state index contributed by atoms with van der Waals surface area (Å²) in [5, 5.41) is 0. The Balaban J connectivity index is 2.02. The summed E-state index contributed by atoms with van der Waals surface area (Å²) in [6.07, 6.45) is 6.62. The van der Waals surface area contributed by atoms with Crippen molar-refractivity contribution >= 4 is 11.5 Å². The Morgan fingerprint density at radius 2 is 2.20 bits per heavy atom. The van der Waals surface area contributed by atoms with Crippen LogP contribution in [0.3, 0.4) is 0 Å². The smallest absolute Gasteiger partial charge is 0.143 e. The zero-order chi connectivity index (χ0) is 10.8. The third-order valence-corrected chi connectivity index (χ3v) is 3.74. The molecule has 0 N–H and O–H groups in total. The lowest BCUT2D eigenvalue weighted by atomic mass is 9.71. The fourth-order valence-electron chi connectivity index (χ4n) is 3.03. The third kappa shape index (κ3) is 2.14. The van der Waals surface area contributed by atoms with E-state index in [1.807, 2.05) is 0 Å². The van der Waals surface area contributed by atoms with E-state index in [1.165, 1.54) is 25.0 Å². The first-order chi connectivity index (χ1) is 7.22. The van der Waals surface area contributed by atoms with Crippen molar-refractivity contribution in [1.82, 2.24) is 0 Å². The summed E-state index contributed by atoms with van der Waals surface area (Å²) in [6.45, 7) is 4.42. The summed E-state index contributed by atoms with van der Waals surface area (Å²) < 4.78 is 0. The lowest BCUT2D eigenvalue weighted by Gasteiger charge is -2.38. The molecule has 2 aliphatic heterocycles. The van der Waals surface area contributed by atoms with E-state index >= 15 is 0 Å². The Bertz CT molecular complexity index is 282. The molecule has 0 amide bonds. The molecule has 0 aromatic heterocycles. The fourth-order valence-corrected chi connectivity index (χ4v) is 3.03. The third-order valence-electron chi connectivity index (χ3n) is 3.74. The van der Waals surface area contributed by atoms with Gasteiger partial charge < -0.3 is 0 Å². The molecule has 15 heavy (non-hydrogen) atoms. The Hall–Kier alpha value is -0.660. The SMILES string of the molecule is CCCCCC1=N[C@@H]2CC(=O)[C@H]1[C@@H](C)C2. The van der Waals surface area contributed by atoms with E-state index in [9.17, 15) is 4.79 Å². The molecule has 0 saturated heterocycles. The van der Waals surface area contributed by atoms with Crippen LogP contribution in [0.15, 0.2) is 4.99 Å². The summed E-state index contributed by atoms with van der Waals surface area (Å²) in [5.41, 5.74) is 1.23. The number of ketones is 1. The first-order valence-electron chi connectivity index (χ1n) is 6.31. The van der Waals surface area contributed by atoms with E-state index in [0.29, 0.717) is 24.2 Å². The molecule has 0 aromatic rings. The highest BCUT2D eigenvalue weighted by Gasteiger charge is 2.41. The largest absolute Gasteiger partial charge is 0.299 e. The maximum Gasteiger partial charge on any atom is 0.143 e. The van der Waals surface area contributed by atoms with Gasteiger partial charge in [0.05, 0.1) is 12.0 Å². The Morgan fingerprint density at radius 3 is 2.80 bits per heavy atom. The monoisotopic (exact) mass is 207 g/mol. The molecule has 3 aliphatic rings. The van der Waals surface area contributed by atoms with Gasteiger partial charge in [-0.25, -0.2) is 0 Å². The minimum absolute atomic E-state index is 0.187. The molecule has 0 unspecified atom stereocenters. The van der Waals surface area contributed by atoms with E-state index in [4.69, 9.17) is 4.99 Å². The van der Waals surface area contributed by atoms with Crippen LogP contribution in [0.4, 0.5) is 0 Å². The van der Waals surface area contributed by atoms with Gasteiger partial charge in [0.1, 0.15) is 5.78 Å². The Morgan fingerprint density at radius 1 is 1.40 bits per heavy atom. The molecule has 2 bridgehead atoms. The molecule has 2 nitrogen and oxygen atoms in total. The quantitative estimate of drug-likeness (QED) is 0.652. The molecule has 3 rings (SSSR count). The van der Waals surface area contributed by atoms with Crippen LogP contribution in [-0.2, 0) is 4.79 Å². The average Bonchev–Trinajstić information content (AvgIpc) is 2.16. The van der Waals surface area contributed by atoms with Crippen molar-refractivity contribution in [2.75, 3.05) is 0 Å². The number of hydrogen-bond acceptors (Lipinski definition) is 2. The van der Waals surface area contributed by atoms with Crippen LogP contribution in [0.25, 0.3) is 0 Å². The second-order valence-corrected chi connectivity index (χ2v) is 5.09. The summed E-state index contributed by atoms with van der Waals surface area (Å²) in [4.78, 5) is 16.5. The molecule has 1 fully saturated rings. The molecule has 2 heterocycles. The van der Waals surface area contributed by atoms with Crippen LogP contribution in [0.2, 0.25) is 0 Å². The van der Waals surface area contributed by atoms with Gasteiger partial charge in [-0.1, -0.05) is 26.7 Å². The number of unbranched alkanes of at least 4 members (excludes halogenated alkanes) is 2. The molecule has 1 saturated carbocycles. The number of Topliss-reactive ketones (excluding diaryl/α,β-unsaturated/α-hetero) is 1. The van der Waals surface area contributed by atoms with Gasteiger partial charge in [0.15, 0.2) is 0 Å². The second kappa shape index (κ2) is 4.46. The molecule has 1 aliphatic carbocycles. The maximum atomic E-state index is 11.8. The minimum Gasteiger partial charge on any atom is -0.299 e. The standard InChI is InChI=1S/C13H21NO/c1-3-4-5-6-11-13-9(2)7-10(14-11)8-12(13)15/h9-10,13H,3-8H2,1-2H3/t9-,10-,13-/m0/s1. The Labute approximate surface area is 92.2 Å². The van der Waals surface area contributed by atoms with Crippen LogP contribution in [0.5, 0.6) is 0 Å². The first-order valence-corrected chi connectivity index (χ1v) is 6.31. The summed E-state index contributed by atoms with van der Waals surface area (Å²) in [6, 6.07) is 0.328. The van der Waals surface area contributed by atoms with E-state index < -0.39 is 0 Å². The van der Waals surface area contributed by atoms with Gasteiger partial charge in [0, 0.05) is 12.1 Å². The Kier molecular flexibility index (Phi) is 3.22. The topological polar surface area (TPSA) is 29.4 Å². The summed E-state index contributed by atoms with van der Waals surface area (Å²) in [7, 11) is 0. The number of fused-ring (bicyclic) bond motifs is 2. The first kappa shape index (κ1) is 10.8. The molecule has 0 spiro atoms. The molecule has 2 heteroatoms. The number of hydrogen-bond donors (Lipinski definition) is 0. The zero-order valence-electron chi connectivity index (χ0n) is 9.83. The van der Waals surface area contributed by atoms with Gasteiger partial charge in [0.25, 0.3) is 0 Å². The van der Waals surface area contributed by atoms with Gasteiger partial charge in [0.2, 0.25) is 0 Å². The van der Waals surface area contributed by atoms with Gasteiger partial charge in [-0.05, 0) is 25.2 Å². The highest BCUT2D eigenvalue weighted by molar-refractivity contribution is 6.08. The summed E-state index contributed by atoms with van der Waals surface area (Å²) >= 11 is 0. The lowest BCUT2D eigenvalue weighted by Crippen LogP contribution is -2.44. The highest BCUT2D eigenvalue weighted by atomic mass is 16.1. The number of carbonyl (C=O) groups excluding carboxylic acids is 1. The summed E-state index contributed by atoms with van der Waals surface area (Å²) in [5.74, 6) is 1.19. The van der Waals surface area contributed by atoms with Crippen LogP contribution >= 0.6 is 0 Å². The van der Waals surface area contributed by atoms with Crippen molar-refractivity contribution in [3.63, 3.8) is 0 Å². The van der Waals surface area contributed by atoms with Gasteiger partial charge >= 0.3 is 0 Å². The minimum atomic E-state index is 0.187. The van der Waals surface area contributed by atoms with Crippen molar-refractivity contribution in [3.8, 4) is 0 Å². The number of aliphatic imine (C=N–C) groups is 1. The zero-order valence-corrected chi connectivity index (χ0v) is 9.83. The highest BCUT2D eigenvalue weighted by Crippen LogP contribution is 2.36. The van der Waals surface area contributed by atoms with Crippen LogP contribution in [-0.4, -0.2) is 17.5 Å². The van der Waals surface area contributed by atoms with Crippen LogP contribution in [0.1, 0.15) is 52.4 Å². The van der Waals surface area contributed by atoms with E-state index in [-0.39, 0.29) is 5.92 Å². The van der Waals surface area contributed by atoms with E-state index in [1.54, 1.807) is 0 Å². The van der Waals surface area contributed by atoms with Crippen LogP contribution in [0, 0.1) is 11.8 Å². The van der Waals surface area contributed by atoms with Crippen molar-refractivity contribution in [2.24, 2.45) is 16.8 Å². The van der Waals surface area contributed by atoms with E-state index in [2.05, 4.69) is 13.8 Å². The lowest BCUT2D eigenvalue weighted by molar-refractivity contribution is -0.124. The van der Waals surface area contributed by atoms with Crippen molar-refractivity contribution in [2.45, 2.75) is 58.4 Å². The normalized spacial score (nSPS) is 34.4. The van der Waals surface area contributed by atoms with Crippen molar-refractivity contribution in [3.05, 3.63) is 0 Å². The molecule has 3 atom stereocenters. The van der Waals surface area contributed by atoms with Crippen molar-refractivity contribution in [1.29, 1.82) is 0 Å². The average molecular weight is 207 g/mol. The fraction of sp³-hybridized carbons (Fsp3) is 0.846. The molecule has 0 radical (unpaired) electrons. The van der Waals surface area contributed by atoms with Crippen molar-refractivity contribution < 1.29 is 4.79 Å². The number of carbonyl (C=O) groups is 1. The van der Waals surface area contributed by atoms with Gasteiger partial charge in [-0.2, -0.15) is 0 Å². The maximum absolute atomic E-state index is 11.8. The van der Waals surface area contributed by atoms with E-state index in [0.717, 1.165) is 12.8 Å². The molecular formula is C13H21NO. The van der Waals surface area contributed by atoms with Crippen LogP contribution < -0.4 is 0 Å². The predicted molar refractivity (Wildman–Crippen MR) is 62.3 cm³/mol. The molecule has 0 aromatic carbocycles.